The number of carbonyl (C=O) groups excluding carboxylic acids is 1. The number of hydrogen-bond donors (Lipinski definition) is 1. The topological polar surface area (TPSA) is 91.8 Å². The number of nitrogens with zero attached hydrogens (tertiary/aromatic N) is 1. The van der Waals surface area contributed by atoms with Crippen molar-refractivity contribution in [2.45, 2.75) is 24.2 Å². The fourth-order valence-corrected chi connectivity index (χ4v) is 3.96. The molecule has 0 aliphatic carbocycles. The van der Waals surface area contributed by atoms with Gasteiger partial charge in [0.15, 0.2) is 9.84 Å². The van der Waals surface area contributed by atoms with Gasteiger partial charge in [-0.2, -0.15) is 0 Å². The summed E-state index contributed by atoms with van der Waals surface area (Å²) in [6.07, 6.45) is 1.25. The minimum atomic E-state index is -3.70. The van der Waals surface area contributed by atoms with Crippen molar-refractivity contribution >= 4 is 33.3 Å². The van der Waals surface area contributed by atoms with Crippen LogP contribution in [0.2, 0.25) is 5.02 Å². The fourth-order valence-electron chi connectivity index (χ4n) is 2.61. The van der Waals surface area contributed by atoms with Gasteiger partial charge in [0.2, 0.25) is 5.91 Å². The first-order valence-corrected chi connectivity index (χ1v) is 9.29. The molecule has 1 aromatic carbocycles. The molecule has 126 valence electrons. The molecule has 0 spiro atoms. The van der Waals surface area contributed by atoms with Crippen molar-refractivity contribution in [2.75, 3.05) is 18.8 Å². The normalized spacial score (nSPS) is 16.3. The number of hydrogen-bond acceptors (Lipinski definition) is 4. The number of piperidine rings is 1. The van der Waals surface area contributed by atoms with Crippen LogP contribution in [0.3, 0.4) is 0 Å². The molecule has 0 radical (unpaired) electrons. The molecule has 1 aliphatic rings. The summed E-state index contributed by atoms with van der Waals surface area (Å²) in [7, 11) is -3.70. The van der Waals surface area contributed by atoms with Gasteiger partial charge in [-0.15, -0.1) is 0 Å². The van der Waals surface area contributed by atoms with Crippen LogP contribution < -0.4 is 0 Å². The van der Waals surface area contributed by atoms with Gasteiger partial charge < -0.3 is 10.0 Å². The summed E-state index contributed by atoms with van der Waals surface area (Å²) in [6, 6.07) is 5.70. The Bertz CT molecular complexity index is 678. The molecule has 0 bridgehead atoms. The number of aliphatic carboxylic acids is 1. The van der Waals surface area contributed by atoms with E-state index in [-0.39, 0.29) is 17.2 Å². The Morgan fingerprint density at radius 3 is 2.26 bits per heavy atom. The van der Waals surface area contributed by atoms with Gasteiger partial charge in [-0.1, -0.05) is 11.6 Å². The van der Waals surface area contributed by atoms with Crippen molar-refractivity contribution < 1.29 is 23.1 Å². The quantitative estimate of drug-likeness (QED) is 0.865. The predicted molar refractivity (Wildman–Crippen MR) is 85.1 cm³/mol. The smallest absolute Gasteiger partial charge is 0.303 e. The highest BCUT2D eigenvalue weighted by Crippen LogP contribution is 2.21. The molecular weight excluding hydrogens is 342 g/mol. The van der Waals surface area contributed by atoms with Crippen molar-refractivity contribution in [2.24, 2.45) is 5.92 Å². The van der Waals surface area contributed by atoms with Crippen molar-refractivity contribution in [1.82, 2.24) is 4.90 Å². The zero-order chi connectivity index (χ0) is 17.0. The molecular formula is C15H18ClNO5S. The summed E-state index contributed by atoms with van der Waals surface area (Å²) in [5.74, 6) is -1.84. The van der Waals surface area contributed by atoms with E-state index in [1.807, 2.05) is 0 Å². The molecule has 0 saturated carbocycles. The van der Waals surface area contributed by atoms with E-state index in [2.05, 4.69) is 0 Å². The molecule has 6 nitrogen and oxygen atoms in total. The largest absolute Gasteiger partial charge is 0.481 e. The van der Waals surface area contributed by atoms with Gasteiger partial charge in [0.05, 0.1) is 4.90 Å². The summed E-state index contributed by atoms with van der Waals surface area (Å²) >= 11 is 5.73. The molecule has 8 heteroatoms. The molecule has 23 heavy (non-hydrogen) atoms. The fraction of sp³-hybridized carbons (Fsp3) is 0.467. The monoisotopic (exact) mass is 359 g/mol. The highest BCUT2D eigenvalue weighted by Gasteiger charge is 2.28. The summed E-state index contributed by atoms with van der Waals surface area (Å²) < 4.78 is 24.5. The van der Waals surface area contributed by atoms with Gasteiger partial charge in [-0.3, -0.25) is 9.59 Å². The minimum Gasteiger partial charge on any atom is -0.481 e. The average molecular weight is 360 g/mol. The van der Waals surface area contributed by atoms with E-state index in [0.717, 1.165) is 0 Å². The SMILES string of the molecule is O=C(O)CC1CCN(C(=O)CS(=O)(=O)c2ccc(Cl)cc2)CC1. The predicted octanol–water partition coefficient (Wildman–Crippen LogP) is 1.83. The second kappa shape index (κ2) is 7.31. The van der Waals surface area contributed by atoms with Crippen LogP contribution in [0.25, 0.3) is 0 Å². The zero-order valence-electron chi connectivity index (χ0n) is 12.4. The third kappa shape index (κ3) is 4.94. The third-order valence-corrected chi connectivity index (χ3v) is 5.79. The molecule has 2 rings (SSSR count). The lowest BCUT2D eigenvalue weighted by molar-refractivity contribution is -0.138. The van der Waals surface area contributed by atoms with E-state index in [1.165, 1.54) is 29.2 Å². The minimum absolute atomic E-state index is 0.0458. The van der Waals surface area contributed by atoms with Crippen molar-refractivity contribution in [3.63, 3.8) is 0 Å². The maximum absolute atomic E-state index is 12.2. The first-order valence-electron chi connectivity index (χ1n) is 7.26. The molecule has 0 aromatic heterocycles. The molecule has 0 atom stereocenters. The number of benzene rings is 1. The molecule has 1 heterocycles. The average Bonchev–Trinajstić information content (AvgIpc) is 2.47. The van der Waals surface area contributed by atoms with Crippen LogP contribution in [0, 0.1) is 5.92 Å². The molecule has 1 N–H and O–H groups in total. The van der Waals surface area contributed by atoms with Gasteiger partial charge in [-0.05, 0) is 43.0 Å². The van der Waals surface area contributed by atoms with Crippen LogP contribution in [0.1, 0.15) is 19.3 Å². The number of carboxylic acid groups (broad SMARTS) is 1. The first kappa shape index (κ1) is 17.7. The summed E-state index contributed by atoms with van der Waals surface area (Å²) in [5, 5.41) is 9.20. The second-order valence-electron chi connectivity index (χ2n) is 5.64. The molecule has 1 aromatic rings. The second-order valence-corrected chi connectivity index (χ2v) is 8.06. The number of amides is 1. The number of halogens is 1. The van der Waals surface area contributed by atoms with Gasteiger partial charge in [0, 0.05) is 24.5 Å². The van der Waals surface area contributed by atoms with E-state index in [9.17, 15) is 18.0 Å². The Balaban J connectivity index is 1.94. The number of likely N-dealkylation sites (tertiary alicyclic amines) is 1. The lowest BCUT2D eigenvalue weighted by Gasteiger charge is -2.31. The molecule has 1 amide bonds. The van der Waals surface area contributed by atoms with Crippen molar-refractivity contribution in [3.8, 4) is 0 Å². The lowest BCUT2D eigenvalue weighted by Crippen LogP contribution is -2.41. The van der Waals surface area contributed by atoms with Gasteiger partial charge in [0.25, 0.3) is 0 Å². The van der Waals surface area contributed by atoms with Crippen molar-refractivity contribution in [1.29, 1.82) is 0 Å². The third-order valence-electron chi connectivity index (χ3n) is 3.92. The highest BCUT2D eigenvalue weighted by molar-refractivity contribution is 7.92. The molecule has 1 saturated heterocycles. The van der Waals surface area contributed by atoms with Crippen LogP contribution in [-0.2, 0) is 19.4 Å². The summed E-state index contributed by atoms with van der Waals surface area (Å²) in [4.78, 5) is 24.4. The first-order chi connectivity index (χ1) is 10.8. The van der Waals surface area contributed by atoms with Crippen LogP contribution in [0.4, 0.5) is 0 Å². The number of rotatable bonds is 5. The summed E-state index contributed by atoms with van der Waals surface area (Å²) in [6.45, 7) is 0.792. The summed E-state index contributed by atoms with van der Waals surface area (Å²) in [5.41, 5.74) is 0. The molecule has 1 fully saturated rings. The lowest BCUT2D eigenvalue weighted by atomic mass is 9.94. The maximum atomic E-state index is 12.2. The Labute approximate surface area is 140 Å². The number of sulfone groups is 1. The van der Waals surface area contributed by atoms with E-state index < -0.39 is 27.5 Å². The molecule has 1 aliphatic heterocycles. The number of carbonyl (C=O) groups is 2. The Kier molecular flexibility index (Phi) is 5.64. The maximum Gasteiger partial charge on any atom is 0.303 e. The van der Waals surface area contributed by atoms with Crippen LogP contribution in [0.15, 0.2) is 29.2 Å². The van der Waals surface area contributed by atoms with E-state index in [0.29, 0.717) is 31.0 Å². The Hall–Kier alpha value is -1.60. The van der Waals surface area contributed by atoms with Crippen LogP contribution in [0.5, 0.6) is 0 Å². The van der Waals surface area contributed by atoms with E-state index >= 15 is 0 Å². The van der Waals surface area contributed by atoms with Gasteiger partial charge in [0.1, 0.15) is 5.75 Å². The van der Waals surface area contributed by atoms with Crippen LogP contribution >= 0.6 is 11.6 Å². The van der Waals surface area contributed by atoms with Crippen LogP contribution in [-0.4, -0.2) is 49.1 Å². The van der Waals surface area contributed by atoms with E-state index in [1.54, 1.807) is 0 Å². The van der Waals surface area contributed by atoms with Gasteiger partial charge >= 0.3 is 5.97 Å². The Morgan fingerprint density at radius 1 is 1.17 bits per heavy atom. The zero-order valence-corrected chi connectivity index (χ0v) is 14.0. The Morgan fingerprint density at radius 2 is 1.74 bits per heavy atom. The van der Waals surface area contributed by atoms with Crippen molar-refractivity contribution in [3.05, 3.63) is 29.3 Å². The number of carboxylic acids is 1. The highest BCUT2D eigenvalue weighted by atomic mass is 35.5. The standard InChI is InChI=1S/C15H18ClNO5S/c16-12-1-3-13(4-2-12)23(21,22)10-14(18)17-7-5-11(6-8-17)9-15(19)20/h1-4,11H,5-10H2,(H,19,20). The van der Waals surface area contributed by atoms with Gasteiger partial charge in [-0.25, -0.2) is 8.42 Å². The van der Waals surface area contributed by atoms with E-state index in [4.69, 9.17) is 16.7 Å². The molecule has 0 unspecified atom stereocenters.